The molecule has 0 fully saturated rings. The Hall–Kier alpha value is -1.76. The van der Waals surface area contributed by atoms with Crippen LogP contribution in [-0.4, -0.2) is 18.7 Å². The lowest BCUT2D eigenvalue weighted by Crippen LogP contribution is -2.26. The minimum Gasteiger partial charge on any atom is -0.356 e. The minimum atomic E-state index is -0.190. The van der Waals surface area contributed by atoms with Gasteiger partial charge in [-0.1, -0.05) is 146 Å². The first-order chi connectivity index (χ1) is 24.3. The van der Waals surface area contributed by atoms with Gasteiger partial charge in [0.05, 0.1) is 6.42 Å². The molecule has 0 bridgehead atoms. The molecule has 51 heavy (non-hydrogen) atoms. The summed E-state index contributed by atoms with van der Waals surface area (Å²) in [5.74, 6) is 0.0284. The van der Waals surface area contributed by atoms with Gasteiger partial charge in [-0.2, -0.15) is 0 Å². The number of rotatable bonds is 24. The van der Waals surface area contributed by atoms with E-state index in [0.717, 1.165) is 59.3 Å². The second-order valence-electron chi connectivity index (χ2n) is 16.8. The maximum atomic E-state index is 13.5. The van der Waals surface area contributed by atoms with Crippen molar-refractivity contribution in [2.24, 2.45) is 0 Å². The van der Waals surface area contributed by atoms with E-state index >= 15 is 0 Å². The van der Waals surface area contributed by atoms with E-state index in [2.05, 4.69) is 79.8 Å². The first-order valence-corrected chi connectivity index (χ1v) is 22.9. The van der Waals surface area contributed by atoms with Crippen molar-refractivity contribution in [2.75, 3.05) is 6.54 Å². The van der Waals surface area contributed by atoms with Gasteiger partial charge in [-0.15, -0.1) is 34.0 Å². The minimum absolute atomic E-state index is 0.0284. The molecule has 3 heterocycles. The zero-order valence-corrected chi connectivity index (χ0v) is 36.4. The number of carbonyl (C=O) groups excluding carboxylic acids is 2. The topological polar surface area (TPSA) is 46.2 Å². The fourth-order valence-corrected chi connectivity index (χ4v) is 11.1. The zero-order valence-electron chi connectivity index (χ0n) is 33.9. The maximum absolute atomic E-state index is 13.5. The van der Waals surface area contributed by atoms with Gasteiger partial charge in [0.15, 0.2) is 6.29 Å². The van der Waals surface area contributed by atoms with Crippen LogP contribution in [0, 0.1) is 0 Å². The second kappa shape index (κ2) is 21.8. The van der Waals surface area contributed by atoms with Crippen LogP contribution in [0.2, 0.25) is 0 Å². The maximum Gasteiger partial charge on any atom is 0.224 e. The molecule has 0 saturated carbocycles. The van der Waals surface area contributed by atoms with Crippen molar-refractivity contribution in [1.82, 2.24) is 5.32 Å². The summed E-state index contributed by atoms with van der Waals surface area (Å²) in [6, 6.07) is 4.96. The molecule has 0 atom stereocenters. The lowest BCUT2D eigenvalue weighted by Gasteiger charge is -2.19. The summed E-state index contributed by atoms with van der Waals surface area (Å²) < 4.78 is 0. The first kappa shape index (κ1) is 43.6. The van der Waals surface area contributed by atoms with Crippen LogP contribution in [0.3, 0.4) is 0 Å². The highest BCUT2D eigenvalue weighted by molar-refractivity contribution is 7.27. The summed E-state index contributed by atoms with van der Waals surface area (Å²) in [6.45, 7) is 21.1. The quantitative estimate of drug-likeness (QED) is 0.0731. The Bertz CT molecular complexity index is 1480. The summed E-state index contributed by atoms with van der Waals surface area (Å²) in [5, 5.41) is 3.21. The molecule has 3 rings (SSSR count). The lowest BCUT2D eigenvalue weighted by atomic mass is 9.89. The molecule has 0 aliphatic carbocycles. The Morgan fingerprint density at radius 2 is 1.10 bits per heavy atom. The number of amides is 1. The smallest absolute Gasteiger partial charge is 0.224 e. The van der Waals surface area contributed by atoms with Crippen molar-refractivity contribution in [3.63, 3.8) is 0 Å². The van der Waals surface area contributed by atoms with Crippen LogP contribution < -0.4 is 5.32 Å². The van der Waals surface area contributed by atoms with Gasteiger partial charge >= 0.3 is 0 Å². The average Bonchev–Trinajstić information content (AvgIpc) is 3.79. The molecule has 1 N–H and O–H groups in total. The fraction of sp³-hybridized carbons (Fsp3) is 0.689. The van der Waals surface area contributed by atoms with E-state index in [1.807, 2.05) is 22.7 Å². The number of thiophene rings is 3. The Balaban J connectivity index is 2.03. The largest absolute Gasteiger partial charge is 0.356 e. The van der Waals surface area contributed by atoms with Crippen molar-refractivity contribution in [3.05, 3.63) is 44.1 Å². The van der Waals surface area contributed by atoms with E-state index in [1.54, 1.807) is 11.3 Å². The predicted molar refractivity (Wildman–Crippen MR) is 229 cm³/mol. The highest BCUT2D eigenvalue weighted by atomic mass is 32.1. The summed E-state index contributed by atoms with van der Waals surface area (Å²) in [5.41, 5.74) is 4.48. The van der Waals surface area contributed by atoms with Gasteiger partial charge in [-0.3, -0.25) is 9.59 Å². The number of hydrogen-bond donors (Lipinski definition) is 1. The highest BCUT2D eigenvalue weighted by Gasteiger charge is 2.30. The molecule has 0 aliphatic rings. The van der Waals surface area contributed by atoms with Gasteiger partial charge in [-0.05, 0) is 71.8 Å². The number of nitrogens with one attached hydrogen (secondary N) is 1. The summed E-state index contributed by atoms with van der Waals surface area (Å²) in [6.07, 6.45) is 23.3. The molecular weight excluding hydrogens is 683 g/mol. The van der Waals surface area contributed by atoms with Crippen molar-refractivity contribution < 1.29 is 9.59 Å². The third-order valence-electron chi connectivity index (χ3n) is 9.88. The van der Waals surface area contributed by atoms with E-state index in [-0.39, 0.29) is 23.2 Å². The number of aryl methyl sites for hydroxylation is 2. The molecule has 3 aromatic heterocycles. The molecular formula is C45H71NO2S3. The Labute approximate surface area is 324 Å². The molecule has 3 nitrogen and oxygen atoms in total. The van der Waals surface area contributed by atoms with Gasteiger partial charge in [-0.25, -0.2) is 0 Å². The normalized spacial score (nSPS) is 12.2. The predicted octanol–water partition coefficient (Wildman–Crippen LogP) is 14.7. The van der Waals surface area contributed by atoms with Crippen LogP contribution in [0.15, 0.2) is 12.1 Å². The molecule has 0 aliphatic heterocycles. The van der Waals surface area contributed by atoms with Crippen LogP contribution in [0.1, 0.15) is 202 Å². The Morgan fingerprint density at radius 3 is 1.65 bits per heavy atom. The Kier molecular flexibility index (Phi) is 18.7. The second-order valence-corrected chi connectivity index (χ2v) is 19.9. The SMILES string of the molecule is CCCCCCCCNC(=O)Cc1c(-c2sc(-c3cc(CCCCCCC)c(C(C)(C)C)s3)cc2CCCCCCC)sc(C(C)(C)C)c1C=O. The van der Waals surface area contributed by atoms with Gasteiger partial charge in [0, 0.05) is 41.4 Å². The number of unbranched alkanes of at least 4 members (excludes halogenated alkanes) is 13. The molecule has 0 spiro atoms. The average molecular weight is 754 g/mol. The fourth-order valence-electron chi connectivity index (χ4n) is 7.01. The zero-order chi connectivity index (χ0) is 37.4. The van der Waals surface area contributed by atoms with E-state index in [1.165, 1.54) is 114 Å². The Morgan fingerprint density at radius 1 is 0.608 bits per heavy atom. The summed E-state index contributed by atoms with van der Waals surface area (Å²) >= 11 is 5.63. The summed E-state index contributed by atoms with van der Waals surface area (Å²) in [4.78, 5) is 34.1. The van der Waals surface area contributed by atoms with Crippen LogP contribution in [0.25, 0.3) is 19.5 Å². The van der Waals surface area contributed by atoms with Crippen molar-refractivity contribution in [1.29, 1.82) is 0 Å². The van der Waals surface area contributed by atoms with E-state index < -0.39 is 0 Å². The number of hydrogen-bond acceptors (Lipinski definition) is 5. The standard InChI is InChI=1S/C45H71NO2S3/c1-10-13-16-19-22-25-28-46-39(48)31-35-36(32-47)43(45(7,8)9)51-41(35)40-33(26-23-20-17-14-11-2)29-37(49-40)38-30-34(27-24-21-18-15-12-3)42(50-38)44(4,5)6/h29-30,32H,10-28,31H2,1-9H3,(H,46,48). The van der Waals surface area contributed by atoms with Crippen molar-refractivity contribution >= 4 is 46.2 Å². The molecule has 0 saturated heterocycles. The highest BCUT2D eigenvalue weighted by Crippen LogP contribution is 2.49. The van der Waals surface area contributed by atoms with Crippen LogP contribution in [-0.2, 0) is 34.9 Å². The van der Waals surface area contributed by atoms with Gasteiger partial charge in [0.2, 0.25) is 5.91 Å². The van der Waals surface area contributed by atoms with Gasteiger partial charge < -0.3 is 5.32 Å². The van der Waals surface area contributed by atoms with Crippen LogP contribution in [0.5, 0.6) is 0 Å². The van der Waals surface area contributed by atoms with Crippen LogP contribution >= 0.6 is 34.0 Å². The number of carbonyl (C=O) groups is 2. The molecule has 1 amide bonds. The van der Waals surface area contributed by atoms with Crippen molar-refractivity contribution in [2.45, 2.75) is 195 Å². The third-order valence-corrected chi connectivity index (χ3v) is 14.7. The van der Waals surface area contributed by atoms with Crippen LogP contribution in [0.4, 0.5) is 0 Å². The molecule has 286 valence electrons. The van der Waals surface area contributed by atoms with E-state index in [4.69, 9.17) is 0 Å². The van der Waals surface area contributed by atoms with Gasteiger partial charge in [0.25, 0.3) is 0 Å². The summed E-state index contributed by atoms with van der Waals surface area (Å²) in [7, 11) is 0. The number of aldehydes is 1. The lowest BCUT2D eigenvalue weighted by molar-refractivity contribution is -0.120. The molecule has 6 heteroatoms. The van der Waals surface area contributed by atoms with E-state index in [0.29, 0.717) is 6.54 Å². The molecule has 0 aromatic carbocycles. The van der Waals surface area contributed by atoms with Crippen molar-refractivity contribution in [3.8, 4) is 19.5 Å². The first-order valence-electron chi connectivity index (χ1n) is 20.5. The van der Waals surface area contributed by atoms with Gasteiger partial charge in [0.1, 0.15) is 0 Å². The molecule has 0 radical (unpaired) electrons. The third kappa shape index (κ3) is 13.6. The molecule has 3 aromatic rings. The molecule has 0 unspecified atom stereocenters. The monoisotopic (exact) mass is 753 g/mol. The van der Waals surface area contributed by atoms with E-state index in [9.17, 15) is 9.59 Å².